The lowest BCUT2D eigenvalue weighted by Gasteiger charge is -2.11. The molecular formula is C17H19ClN2O2. The van der Waals surface area contributed by atoms with E-state index in [1.165, 1.54) is 0 Å². The van der Waals surface area contributed by atoms with Crippen molar-refractivity contribution in [3.8, 4) is 0 Å². The minimum Gasteiger partial charge on any atom is -0.478 e. The molecule has 2 rings (SSSR count). The first-order valence-electron chi connectivity index (χ1n) is 7.30. The van der Waals surface area contributed by atoms with Crippen LogP contribution in [0, 0.1) is 0 Å². The molecule has 0 saturated carbocycles. The number of aromatic nitrogens is 2. The third-order valence-electron chi connectivity index (χ3n) is 3.41. The van der Waals surface area contributed by atoms with Crippen molar-refractivity contribution in [1.29, 1.82) is 0 Å². The lowest BCUT2D eigenvalue weighted by Crippen LogP contribution is -2.08. The quantitative estimate of drug-likeness (QED) is 0.784. The zero-order chi connectivity index (χ0) is 15.9. The number of hydrogen-bond donors (Lipinski definition) is 1. The molecule has 0 fully saturated rings. The Morgan fingerprint density at radius 1 is 1.41 bits per heavy atom. The smallest absolute Gasteiger partial charge is 0.328 e. The molecule has 22 heavy (non-hydrogen) atoms. The molecule has 5 heteroatoms. The van der Waals surface area contributed by atoms with Crippen LogP contribution < -0.4 is 0 Å². The van der Waals surface area contributed by atoms with Gasteiger partial charge in [-0.25, -0.2) is 9.78 Å². The third-order valence-corrected chi connectivity index (χ3v) is 3.77. The standard InChI is InChI=1S/C17H19ClN2O2/c1-2-3-8-16-19-11-14(9-10-17(21)22)20(16)12-13-6-4-5-7-15(13)18/h4-7,9-11H,2-3,8,12H2,1H3,(H,21,22)/b10-9-. The van der Waals surface area contributed by atoms with Crippen molar-refractivity contribution in [2.75, 3.05) is 0 Å². The summed E-state index contributed by atoms with van der Waals surface area (Å²) < 4.78 is 2.02. The van der Waals surface area contributed by atoms with E-state index in [1.54, 1.807) is 12.3 Å². The molecule has 0 bridgehead atoms. The molecule has 1 aromatic heterocycles. The van der Waals surface area contributed by atoms with Crippen molar-refractivity contribution in [3.63, 3.8) is 0 Å². The summed E-state index contributed by atoms with van der Waals surface area (Å²) in [5.74, 6) is -0.0209. The molecule has 2 aromatic rings. The van der Waals surface area contributed by atoms with Gasteiger partial charge in [-0.1, -0.05) is 43.1 Å². The fourth-order valence-electron chi connectivity index (χ4n) is 2.23. The Labute approximate surface area is 135 Å². The number of benzene rings is 1. The topological polar surface area (TPSA) is 55.1 Å². The second-order valence-corrected chi connectivity index (χ2v) is 5.46. The minimum atomic E-state index is -0.972. The Kier molecular flexibility index (Phi) is 5.78. The lowest BCUT2D eigenvalue weighted by atomic mass is 10.2. The number of carboxylic acids is 1. The fraction of sp³-hybridized carbons (Fsp3) is 0.294. The van der Waals surface area contributed by atoms with Gasteiger partial charge in [0, 0.05) is 17.5 Å². The number of carboxylic acid groups (broad SMARTS) is 1. The average Bonchev–Trinajstić information content (AvgIpc) is 2.87. The molecule has 0 aliphatic heterocycles. The number of unbranched alkanes of at least 4 members (excludes halogenated alkanes) is 1. The van der Waals surface area contributed by atoms with E-state index in [2.05, 4.69) is 11.9 Å². The number of hydrogen-bond acceptors (Lipinski definition) is 2. The molecule has 1 aromatic carbocycles. The molecule has 1 heterocycles. The summed E-state index contributed by atoms with van der Waals surface area (Å²) in [5.41, 5.74) is 1.76. The van der Waals surface area contributed by atoms with E-state index in [9.17, 15) is 4.79 Å². The highest BCUT2D eigenvalue weighted by atomic mass is 35.5. The molecule has 116 valence electrons. The minimum absolute atomic E-state index is 0.581. The van der Waals surface area contributed by atoms with Gasteiger partial charge < -0.3 is 9.67 Å². The van der Waals surface area contributed by atoms with E-state index in [0.717, 1.165) is 42.4 Å². The van der Waals surface area contributed by atoms with Crippen LogP contribution in [0.3, 0.4) is 0 Å². The van der Waals surface area contributed by atoms with E-state index in [4.69, 9.17) is 16.7 Å². The number of rotatable bonds is 7. The van der Waals surface area contributed by atoms with Gasteiger partial charge in [-0.05, 0) is 24.1 Å². The first-order chi connectivity index (χ1) is 10.6. The molecule has 0 aliphatic rings. The monoisotopic (exact) mass is 318 g/mol. The highest BCUT2D eigenvalue weighted by Crippen LogP contribution is 2.19. The SMILES string of the molecule is CCCCc1ncc(/C=C\C(=O)O)n1Cc1ccccc1Cl. The van der Waals surface area contributed by atoms with E-state index < -0.39 is 5.97 Å². The Hall–Kier alpha value is -2.07. The number of aliphatic carboxylic acids is 1. The van der Waals surface area contributed by atoms with Crippen LogP contribution in [0.15, 0.2) is 36.5 Å². The molecule has 0 radical (unpaired) electrons. The maximum absolute atomic E-state index is 10.7. The fourth-order valence-corrected chi connectivity index (χ4v) is 2.43. The van der Waals surface area contributed by atoms with Crippen LogP contribution in [-0.4, -0.2) is 20.6 Å². The van der Waals surface area contributed by atoms with Crippen LogP contribution in [0.1, 0.15) is 36.8 Å². The van der Waals surface area contributed by atoms with Gasteiger partial charge in [-0.15, -0.1) is 0 Å². The van der Waals surface area contributed by atoms with E-state index in [1.807, 2.05) is 28.8 Å². The van der Waals surface area contributed by atoms with Crippen molar-refractivity contribution in [2.45, 2.75) is 32.7 Å². The van der Waals surface area contributed by atoms with Gasteiger partial charge in [-0.2, -0.15) is 0 Å². The summed E-state index contributed by atoms with van der Waals surface area (Å²) in [6.07, 6.45) is 7.40. The zero-order valence-electron chi connectivity index (χ0n) is 12.5. The van der Waals surface area contributed by atoms with Gasteiger partial charge in [-0.3, -0.25) is 0 Å². The van der Waals surface area contributed by atoms with Gasteiger partial charge in [0.25, 0.3) is 0 Å². The molecule has 0 atom stereocenters. The van der Waals surface area contributed by atoms with Gasteiger partial charge >= 0.3 is 5.97 Å². The zero-order valence-corrected chi connectivity index (χ0v) is 13.3. The summed E-state index contributed by atoms with van der Waals surface area (Å²) in [5, 5.41) is 9.51. The van der Waals surface area contributed by atoms with Crippen molar-refractivity contribution < 1.29 is 9.90 Å². The number of nitrogens with zero attached hydrogens (tertiary/aromatic N) is 2. The number of carbonyl (C=O) groups is 1. The summed E-state index contributed by atoms with van der Waals surface area (Å²) in [7, 11) is 0. The molecule has 4 nitrogen and oxygen atoms in total. The molecule has 0 amide bonds. The highest BCUT2D eigenvalue weighted by Gasteiger charge is 2.10. The maximum Gasteiger partial charge on any atom is 0.328 e. The van der Waals surface area contributed by atoms with Crippen molar-refractivity contribution in [2.24, 2.45) is 0 Å². The number of aryl methyl sites for hydroxylation is 1. The van der Waals surface area contributed by atoms with E-state index >= 15 is 0 Å². The molecule has 0 unspecified atom stereocenters. The van der Waals surface area contributed by atoms with Gasteiger partial charge in [0.15, 0.2) is 0 Å². The summed E-state index contributed by atoms with van der Waals surface area (Å²) in [6, 6.07) is 7.66. The average molecular weight is 319 g/mol. The van der Waals surface area contributed by atoms with Crippen LogP contribution in [0.5, 0.6) is 0 Å². The number of imidazole rings is 1. The first-order valence-corrected chi connectivity index (χ1v) is 7.68. The van der Waals surface area contributed by atoms with Gasteiger partial charge in [0.05, 0.1) is 18.4 Å². The summed E-state index contributed by atoms with van der Waals surface area (Å²) in [4.78, 5) is 15.2. The Balaban J connectivity index is 2.34. The Morgan fingerprint density at radius 3 is 2.86 bits per heavy atom. The van der Waals surface area contributed by atoms with Crippen LogP contribution in [0.25, 0.3) is 6.08 Å². The van der Waals surface area contributed by atoms with E-state index in [0.29, 0.717) is 11.6 Å². The highest BCUT2D eigenvalue weighted by molar-refractivity contribution is 6.31. The molecule has 0 saturated heterocycles. The van der Waals surface area contributed by atoms with Crippen LogP contribution in [-0.2, 0) is 17.8 Å². The normalized spacial score (nSPS) is 11.2. The first kappa shape index (κ1) is 16.3. The second kappa shape index (κ2) is 7.80. The molecule has 1 N–H and O–H groups in total. The Bertz CT molecular complexity index is 677. The van der Waals surface area contributed by atoms with Crippen molar-refractivity contribution in [3.05, 3.63) is 58.6 Å². The van der Waals surface area contributed by atoms with Crippen LogP contribution >= 0.6 is 11.6 Å². The molecular weight excluding hydrogens is 300 g/mol. The third kappa shape index (κ3) is 4.21. The number of halogens is 1. The van der Waals surface area contributed by atoms with E-state index in [-0.39, 0.29) is 0 Å². The van der Waals surface area contributed by atoms with Gasteiger partial charge in [0.2, 0.25) is 0 Å². The predicted octanol–water partition coefficient (Wildman–Crippen LogP) is 4.03. The molecule has 0 spiro atoms. The Morgan fingerprint density at radius 2 is 2.18 bits per heavy atom. The van der Waals surface area contributed by atoms with Gasteiger partial charge in [0.1, 0.15) is 5.82 Å². The lowest BCUT2D eigenvalue weighted by molar-refractivity contribution is -0.131. The van der Waals surface area contributed by atoms with Crippen LogP contribution in [0.2, 0.25) is 5.02 Å². The predicted molar refractivity (Wildman–Crippen MR) is 88.1 cm³/mol. The summed E-state index contributed by atoms with van der Waals surface area (Å²) >= 11 is 6.23. The van der Waals surface area contributed by atoms with Crippen molar-refractivity contribution >= 4 is 23.6 Å². The largest absolute Gasteiger partial charge is 0.478 e. The van der Waals surface area contributed by atoms with Crippen LogP contribution in [0.4, 0.5) is 0 Å². The molecule has 0 aliphatic carbocycles. The summed E-state index contributed by atoms with van der Waals surface area (Å²) in [6.45, 7) is 2.71. The maximum atomic E-state index is 10.7. The second-order valence-electron chi connectivity index (χ2n) is 5.05. The van der Waals surface area contributed by atoms with Crippen molar-refractivity contribution in [1.82, 2.24) is 9.55 Å².